The van der Waals surface area contributed by atoms with E-state index in [1.807, 2.05) is 0 Å². The van der Waals surface area contributed by atoms with Crippen LogP contribution in [0.15, 0.2) is 11.8 Å². The second-order valence-electron chi connectivity index (χ2n) is 3.00. The van der Waals surface area contributed by atoms with Gasteiger partial charge in [-0.1, -0.05) is 6.92 Å². The van der Waals surface area contributed by atoms with Gasteiger partial charge in [0, 0.05) is 26.7 Å². The summed E-state index contributed by atoms with van der Waals surface area (Å²) in [5.74, 6) is -0.745. The largest absolute Gasteiger partial charge is 0.462 e. The zero-order chi connectivity index (χ0) is 11.1. The molecule has 0 aromatic heterocycles. The number of ether oxygens (including phenoxy) is 1. The predicted molar refractivity (Wildman–Crippen MR) is 53.7 cm³/mol. The number of esters is 1. The minimum atomic E-state index is -0.548. The Balaban J connectivity index is 4.72. The maximum Gasteiger partial charge on any atom is 0.343 e. The van der Waals surface area contributed by atoms with E-state index in [0.29, 0.717) is 6.42 Å². The third-order valence-electron chi connectivity index (χ3n) is 1.50. The number of carbonyl (C=O) groups is 2. The lowest BCUT2D eigenvalue weighted by Gasteiger charge is -2.09. The van der Waals surface area contributed by atoms with Gasteiger partial charge in [0.25, 0.3) is 0 Å². The lowest BCUT2D eigenvalue weighted by molar-refractivity contribution is -0.140. The highest BCUT2D eigenvalue weighted by Gasteiger charge is 2.17. The molecule has 0 atom stereocenters. The monoisotopic (exact) mass is 199 g/mol. The summed E-state index contributed by atoms with van der Waals surface area (Å²) in [7, 11) is 3.50. The first-order valence-corrected chi connectivity index (χ1v) is 4.61. The lowest BCUT2D eigenvalue weighted by atomic mass is 10.1. The van der Waals surface area contributed by atoms with E-state index in [4.69, 9.17) is 4.74 Å². The zero-order valence-electron chi connectivity index (χ0n) is 9.16. The van der Waals surface area contributed by atoms with Gasteiger partial charge >= 0.3 is 5.97 Å². The molecule has 0 radical (unpaired) electrons. The van der Waals surface area contributed by atoms with Crippen LogP contribution in [-0.4, -0.2) is 37.4 Å². The molecule has 0 bridgehead atoms. The Morgan fingerprint density at radius 2 is 1.86 bits per heavy atom. The molecule has 0 aromatic carbocycles. The Morgan fingerprint density at radius 1 is 1.29 bits per heavy atom. The van der Waals surface area contributed by atoms with Gasteiger partial charge in [0.1, 0.15) is 5.57 Å². The number of hydrogen-bond donors (Lipinski definition) is 0. The van der Waals surface area contributed by atoms with Gasteiger partial charge < -0.3 is 9.64 Å². The molecule has 0 aliphatic carbocycles. The van der Waals surface area contributed by atoms with E-state index in [-0.39, 0.29) is 18.0 Å². The van der Waals surface area contributed by atoms with Crippen LogP contribution in [0.5, 0.6) is 0 Å². The van der Waals surface area contributed by atoms with Crippen LogP contribution in [0, 0.1) is 0 Å². The smallest absolute Gasteiger partial charge is 0.343 e. The van der Waals surface area contributed by atoms with Crippen molar-refractivity contribution in [3.8, 4) is 0 Å². The molecular weight excluding hydrogens is 182 g/mol. The first-order valence-electron chi connectivity index (χ1n) is 4.61. The minimum absolute atomic E-state index is 0.111. The maximum absolute atomic E-state index is 11.4. The number of hydrogen-bond acceptors (Lipinski definition) is 4. The van der Waals surface area contributed by atoms with Crippen LogP contribution < -0.4 is 0 Å². The first-order chi connectivity index (χ1) is 6.52. The van der Waals surface area contributed by atoms with E-state index in [2.05, 4.69) is 0 Å². The maximum atomic E-state index is 11.4. The van der Waals surface area contributed by atoms with Crippen LogP contribution >= 0.6 is 0 Å². The first kappa shape index (κ1) is 12.7. The number of nitrogens with zero attached hydrogens (tertiary/aromatic N) is 1. The summed E-state index contributed by atoms with van der Waals surface area (Å²) >= 11 is 0. The molecule has 0 saturated heterocycles. The van der Waals surface area contributed by atoms with E-state index < -0.39 is 5.97 Å². The Labute approximate surface area is 84.5 Å². The van der Waals surface area contributed by atoms with E-state index in [9.17, 15) is 9.59 Å². The molecule has 14 heavy (non-hydrogen) atoms. The van der Waals surface area contributed by atoms with Gasteiger partial charge in [-0.05, 0) is 6.92 Å². The van der Waals surface area contributed by atoms with Crippen molar-refractivity contribution >= 4 is 11.8 Å². The van der Waals surface area contributed by atoms with Crippen molar-refractivity contribution in [3.63, 3.8) is 0 Å². The van der Waals surface area contributed by atoms with Crippen molar-refractivity contribution in [1.29, 1.82) is 0 Å². The summed E-state index contributed by atoms with van der Waals surface area (Å²) in [5, 5.41) is 0. The summed E-state index contributed by atoms with van der Waals surface area (Å²) in [6.45, 7) is 3.70. The molecule has 4 nitrogen and oxygen atoms in total. The third kappa shape index (κ3) is 4.07. The topological polar surface area (TPSA) is 46.6 Å². The molecule has 0 unspecified atom stereocenters. The van der Waals surface area contributed by atoms with Crippen molar-refractivity contribution in [2.24, 2.45) is 0 Å². The van der Waals surface area contributed by atoms with Crippen LogP contribution in [0.1, 0.15) is 20.3 Å². The molecule has 80 valence electrons. The van der Waals surface area contributed by atoms with Gasteiger partial charge in [-0.25, -0.2) is 4.79 Å². The van der Waals surface area contributed by atoms with Crippen molar-refractivity contribution in [2.75, 3.05) is 20.7 Å². The molecule has 0 spiro atoms. The van der Waals surface area contributed by atoms with E-state index in [0.717, 1.165) is 0 Å². The fraction of sp³-hybridized carbons (Fsp3) is 0.600. The highest BCUT2D eigenvalue weighted by atomic mass is 16.5. The van der Waals surface area contributed by atoms with E-state index in [1.165, 1.54) is 6.20 Å². The van der Waals surface area contributed by atoms with Crippen LogP contribution in [0.2, 0.25) is 0 Å². The fourth-order valence-electron chi connectivity index (χ4n) is 0.896. The number of ketones is 1. The van der Waals surface area contributed by atoms with Gasteiger partial charge in [0.15, 0.2) is 5.78 Å². The molecule has 0 aromatic rings. The van der Waals surface area contributed by atoms with Gasteiger partial charge in [0.2, 0.25) is 0 Å². The Bertz CT molecular complexity index is 244. The van der Waals surface area contributed by atoms with Gasteiger partial charge in [-0.3, -0.25) is 4.79 Å². The summed E-state index contributed by atoms with van der Waals surface area (Å²) in [6.07, 6.45) is 1.79. The molecule has 0 amide bonds. The van der Waals surface area contributed by atoms with Crippen LogP contribution in [0.3, 0.4) is 0 Å². The van der Waals surface area contributed by atoms with Crippen LogP contribution in [0.25, 0.3) is 0 Å². The second kappa shape index (κ2) is 6.18. The molecule has 0 aliphatic heterocycles. The van der Waals surface area contributed by atoms with E-state index >= 15 is 0 Å². The summed E-state index contributed by atoms with van der Waals surface area (Å²) in [4.78, 5) is 24.4. The molecule has 0 fully saturated rings. The molecule has 0 heterocycles. The van der Waals surface area contributed by atoms with Crippen LogP contribution in [-0.2, 0) is 14.3 Å². The van der Waals surface area contributed by atoms with Crippen molar-refractivity contribution < 1.29 is 14.3 Å². The van der Waals surface area contributed by atoms with Crippen molar-refractivity contribution in [1.82, 2.24) is 4.90 Å². The normalized spacial score (nSPS) is 11.0. The van der Waals surface area contributed by atoms with E-state index in [1.54, 1.807) is 32.8 Å². The summed E-state index contributed by atoms with van der Waals surface area (Å²) < 4.78 is 4.77. The third-order valence-corrected chi connectivity index (χ3v) is 1.50. The predicted octanol–water partition coefficient (Wildman–Crippen LogP) is 0.974. The highest BCUT2D eigenvalue weighted by molar-refractivity contribution is 6.17. The minimum Gasteiger partial charge on any atom is -0.462 e. The van der Waals surface area contributed by atoms with Gasteiger partial charge in [0.05, 0.1) is 6.61 Å². The van der Waals surface area contributed by atoms with Crippen LogP contribution in [0.4, 0.5) is 0 Å². The highest BCUT2D eigenvalue weighted by Crippen LogP contribution is 2.04. The average Bonchev–Trinajstić information content (AvgIpc) is 2.13. The van der Waals surface area contributed by atoms with Gasteiger partial charge in [-0.2, -0.15) is 0 Å². The SMILES string of the molecule is CCOC(=O)/C(=C\N(C)C)C(=O)CC. The standard InChI is InChI=1S/C10H17NO3/c1-5-9(12)8(7-11(3)4)10(13)14-6-2/h7H,5-6H2,1-4H3/b8-7-. The Kier molecular flexibility index (Phi) is 5.60. The molecule has 0 rings (SSSR count). The average molecular weight is 199 g/mol. The molecule has 0 saturated carbocycles. The molecule has 4 heteroatoms. The number of carbonyl (C=O) groups excluding carboxylic acids is 2. The second-order valence-corrected chi connectivity index (χ2v) is 3.00. The quantitative estimate of drug-likeness (QED) is 0.286. The molecule has 0 N–H and O–H groups in total. The zero-order valence-corrected chi connectivity index (χ0v) is 9.16. The number of rotatable bonds is 5. The van der Waals surface area contributed by atoms with Gasteiger partial charge in [-0.15, -0.1) is 0 Å². The Morgan fingerprint density at radius 3 is 2.21 bits per heavy atom. The summed E-state index contributed by atoms with van der Waals surface area (Å²) in [6, 6.07) is 0. The fourth-order valence-corrected chi connectivity index (χ4v) is 0.896. The Hall–Kier alpha value is -1.32. The number of Topliss-reactive ketones (excluding diaryl/α,β-unsaturated/α-hetero) is 1. The summed E-state index contributed by atoms with van der Waals surface area (Å²) in [5.41, 5.74) is 0.111. The molecular formula is C10H17NO3. The van der Waals surface area contributed by atoms with Crippen molar-refractivity contribution in [3.05, 3.63) is 11.8 Å². The lowest BCUT2D eigenvalue weighted by Crippen LogP contribution is -2.18. The molecule has 0 aliphatic rings. The van der Waals surface area contributed by atoms with Crippen molar-refractivity contribution in [2.45, 2.75) is 20.3 Å².